The first kappa shape index (κ1) is 16.1. The van der Waals surface area contributed by atoms with Gasteiger partial charge in [0.1, 0.15) is 12.7 Å². The number of unbranched alkanes of at least 4 members (excludes halogenated alkanes) is 2. The van der Waals surface area contributed by atoms with Gasteiger partial charge in [0.15, 0.2) is 11.5 Å². The van der Waals surface area contributed by atoms with Gasteiger partial charge in [-0.25, -0.2) is 0 Å². The smallest absolute Gasteiger partial charge is 0.309 e. The van der Waals surface area contributed by atoms with Crippen molar-refractivity contribution in [3.05, 3.63) is 24.3 Å². The molecule has 0 saturated carbocycles. The lowest BCUT2D eigenvalue weighted by Gasteiger charge is -2.26. The Hall–Kier alpha value is -2.24. The van der Waals surface area contributed by atoms with Crippen molar-refractivity contribution in [1.29, 1.82) is 0 Å². The molecule has 2 N–H and O–H groups in total. The van der Waals surface area contributed by atoms with E-state index in [1.165, 1.54) is 0 Å². The van der Waals surface area contributed by atoms with E-state index in [-0.39, 0.29) is 12.6 Å². The highest BCUT2D eigenvalue weighted by atomic mass is 16.6. The van der Waals surface area contributed by atoms with Gasteiger partial charge in [-0.2, -0.15) is 0 Å². The van der Waals surface area contributed by atoms with E-state index in [0.29, 0.717) is 24.7 Å². The van der Waals surface area contributed by atoms with Gasteiger partial charge in [0, 0.05) is 6.54 Å². The van der Waals surface area contributed by atoms with E-state index in [4.69, 9.17) is 9.47 Å². The molecule has 1 aliphatic heterocycles. The van der Waals surface area contributed by atoms with Crippen LogP contribution < -0.4 is 20.1 Å². The Balaban J connectivity index is 1.70. The quantitative estimate of drug-likeness (QED) is 0.612. The first-order valence-corrected chi connectivity index (χ1v) is 7.65. The molecule has 1 heterocycles. The van der Waals surface area contributed by atoms with Gasteiger partial charge in [0.05, 0.1) is 6.54 Å². The van der Waals surface area contributed by atoms with Gasteiger partial charge >= 0.3 is 11.8 Å². The molecule has 0 radical (unpaired) electrons. The molecule has 1 aromatic carbocycles. The maximum Gasteiger partial charge on any atom is 0.309 e. The van der Waals surface area contributed by atoms with Gasteiger partial charge in [0.25, 0.3) is 0 Å². The zero-order chi connectivity index (χ0) is 15.8. The van der Waals surface area contributed by atoms with Crippen LogP contribution in [0.2, 0.25) is 0 Å². The topological polar surface area (TPSA) is 76.7 Å². The summed E-state index contributed by atoms with van der Waals surface area (Å²) >= 11 is 0. The predicted molar refractivity (Wildman–Crippen MR) is 81.9 cm³/mol. The van der Waals surface area contributed by atoms with E-state index >= 15 is 0 Å². The number of carbonyl (C=O) groups excluding carboxylic acids is 2. The molecule has 0 bridgehead atoms. The van der Waals surface area contributed by atoms with Crippen LogP contribution in [0.3, 0.4) is 0 Å². The highest BCUT2D eigenvalue weighted by Gasteiger charge is 2.22. The van der Waals surface area contributed by atoms with Gasteiger partial charge in [-0.05, 0) is 18.6 Å². The summed E-state index contributed by atoms with van der Waals surface area (Å²) in [6.45, 7) is 3.18. The third-order valence-corrected chi connectivity index (χ3v) is 3.33. The van der Waals surface area contributed by atoms with Gasteiger partial charge in [-0.1, -0.05) is 31.9 Å². The average molecular weight is 306 g/mol. The maximum absolute atomic E-state index is 11.7. The van der Waals surface area contributed by atoms with Crippen molar-refractivity contribution in [1.82, 2.24) is 10.6 Å². The second-order valence-corrected chi connectivity index (χ2v) is 5.17. The second-order valence-electron chi connectivity index (χ2n) is 5.17. The summed E-state index contributed by atoms with van der Waals surface area (Å²) in [4.78, 5) is 23.3. The summed E-state index contributed by atoms with van der Waals surface area (Å²) in [6, 6.07) is 7.36. The number of ether oxygens (including phenoxy) is 2. The Labute approximate surface area is 130 Å². The molecule has 0 saturated heterocycles. The normalized spacial score (nSPS) is 16.0. The van der Waals surface area contributed by atoms with Gasteiger partial charge in [-0.15, -0.1) is 0 Å². The van der Waals surface area contributed by atoms with Crippen molar-refractivity contribution in [3.63, 3.8) is 0 Å². The summed E-state index contributed by atoms with van der Waals surface area (Å²) in [5.41, 5.74) is 0. The summed E-state index contributed by atoms with van der Waals surface area (Å²) < 4.78 is 11.2. The maximum atomic E-state index is 11.7. The molecule has 120 valence electrons. The molecule has 0 spiro atoms. The predicted octanol–water partition coefficient (Wildman–Crippen LogP) is 1.25. The van der Waals surface area contributed by atoms with Crippen LogP contribution >= 0.6 is 0 Å². The summed E-state index contributed by atoms with van der Waals surface area (Å²) in [7, 11) is 0. The largest absolute Gasteiger partial charge is 0.486 e. The van der Waals surface area contributed by atoms with E-state index in [2.05, 4.69) is 17.6 Å². The SMILES string of the molecule is CCCCCNC(=O)C(=O)NCC1COc2ccccc2O1. The number of fused-ring (bicyclic) bond motifs is 1. The highest BCUT2D eigenvalue weighted by Crippen LogP contribution is 2.30. The molecule has 6 nitrogen and oxygen atoms in total. The molecular formula is C16H22N2O4. The van der Waals surface area contributed by atoms with Crippen LogP contribution in [-0.2, 0) is 9.59 Å². The first-order valence-electron chi connectivity index (χ1n) is 7.65. The van der Waals surface area contributed by atoms with E-state index in [1.807, 2.05) is 24.3 Å². The molecule has 1 aliphatic rings. The fraction of sp³-hybridized carbons (Fsp3) is 0.500. The van der Waals surface area contributed by atoms with Crippen LogP contribution in [0.1, 0.15) is 26.2 Å². The number of hydrogen-bond donors (Lipinski definition) is 2. The minimum absolute atomic E-state index is 0.232. The zero-order valence-corrected chi connectivity index (χ0v) is 12.8. The second kappa shape index (κ2) is 8.26. The molecular weight excluding hydrogens is 284 g/mol. The Bertz CT molecular complexity index is 519. The zero-order valence-electron chi connectivity index (χ0n) is 12.8. The lowest BCUT2D eigenvalue weighted by Crippen LogP contribution is -2.46. The number of nitrogens with one attached hydrogen (secondary N) is 2. The van der Waals surface area contributed by atoms with Crippen molar-refractivity contribution in [3.8, 4) is 11.5 Å². The Morgan fingerprint density at radius 1 is 1.14 bits per heavy atom. The molecule has 0 fully saturated rings. The van der Waals surface area contributed by atoms with Gasteiger partial charge < -0.3 is 20.1 Å². The third kappa shape index (κ3) is 4.65. The molecule has 1 atom stereocenters. The lowest BCUT2D eigenvalue weighted by atomic mass is 10.2. The van der Waals surface area contributed by atoms with Crippen molar-refractivity contribution in [2.75, 3.05) is 19.7 Å². The Morgan fingerprint density at radius 2 is 1.86 bits per heavy atom. The number of rotatable bonds is 6. The highest BCUT2D eigenvalue weighted by molar-refractivity contribution is 6.35. The first-order chi connectivity index (χ1) is 10.7. The van der Waals surface area contributed by atoms with Crippen LogP contribution in [0.5, 0.6) is 11.5 Å². The van der Waals surface area contributed by atoms with Crippen LogP contribution in [0.4, 0.5) is 0 Å². The van der Waals surface area contributed by atoms with E-state index in [9.17, 15) is 9.59 Å². The van der Waals surface area contributed by atoms with Gasteiger partial charge in [-0.3, -0.25) is 9.59 Å². The number of hydrogen-bond acceptors (Lipinski definition) is 4. The summed E-state index contributed by atoms with van der Waals surface area (Å²) in [5.74, 6) is 0.1000. The van der Waals surface area contributed by atoms with Crippen LogP contribution in [0.25, 0.3) is 0 Å². The monoisotopic (exact) mass is 306 g/mol. The van der Waals surface area contributed by atoms with Crippen molar-refractivity contribution >= 4 is 11.8 Å². The Morgan fingerprint density at radius 3 is 2.64 bits per heavy atom. The molecule has 2 amide bonds. The molecule has 1 unspecified atom stereocenters. The summed E-state index contributed by atoms with van der Waals surface area (Å²) in [6.07, 6.45) is 2.69. The molecule has 0 aliphatic carbocycles. The number of benzene rings is 1. The number of amides is 2. The van der Waals surface area contributed by atoms with Crippen LogP contribution in [-0.4, -0.2) is 37.6 Å². The van der Waals surface area contributed by atoms with Crippen molar-refractivity contribution < 1.29 is 19.1 Å². The standard InChI is InChI=1S/C16H22N2O4/c1-2-3-6-9-17-15(19)16(20)18-10-12-11-21-13-7-4-5-8-14(13)22-12/h4-5,7-8,12H,2-3,6,9-11H2,1H3,(H,17,19)(H,18,20). The number of para-hydroxylation sites is 2. The molecule has 0 aromatic heterocycles. The molecule has 1 aromatic rings. The Kier molecular flexibility index (Phi) is 6.06. The summed E-state index contributed by atoms with van der Waals surface area (Å²) in [5, 5.41) is 5.17. The van der Waals surface area contributed by atoms with Gasteiger partial charge in [0.2, 0.25) is 0 Å². The van der Waals surface area contributed by atoms with E-state index in [1.54, 1.807) is 0 Å². The van der Waals surface area contributed by atoms with Crippen LogP contribution in [0, 0.1) is 0 Å². The fourth-order valence-corrected chi connectivity index (χ4v) is 2.11. The fourth-order valence-electron chi connectivity index (χ4n) is 2.11. The number of carbonyl (C=O) groups is 2. The average Bonchev–Trinajstić information content (AvgIpc) is 2.56. The van der Waals surface area contributed by atoms with Crippen molar-refractivity contribution in [2.24, 2.45) is 0 Å². The lowest BCUT2D eigenvalue weighted by molar-refractivity contribution is -0.139. The van der Waals surface area contributed by atoms with Crippen molar-refractivity contribution in [2.45, 2.75) is 32.3 Å². The third-order valence-electron chi connectivity index (χ3n) is 3.33. The molecule has 22 heavy (non-hydrogen) atoms. The minimum Gasteiger partial charge on any atom is -0.486 e. The molecule has 2 rings (SSSR count). The van der Waals surface area contributed by atoms with E-state index < -0.39 is 11.8 Å². The van der Waals surface area contributed by atoms with Crippen LogP contribution in [0.15, 0.2) is 24.3 Å². The minimum atomic E-state index is -0.640. The molecule has 6 heteroatoms. The van der Waals surface area contributed by atoms with E-state index in [0.717, 1.165) is 19.3 Å².